The van der Waals surface area contributed by atoms with Crippen LogP contribution < -0.4 is 10.9 Å². The number of amides is 1. The minimum Gasteiger partial charge on any atom is -0.502 e. The summed E-state index contributed by atoms with van der Waals surface area (Å²) in [5, 5.41) is 13.1. The Bertz CT molecular complexity index is 1110. The van der Waals surface area contributed by atoms with E-state index in [2.05, 4.69) is 5.32 Å². The largest absolute Gasteiger partial charge is 0.502 e. The first-order valence-corrected chi connectivity index (χ1v) is 11.0. The van der Waals surface area contributed by atoms with Crippen LogP contribution in [0.5, 0.6) is 5.75 Å². The molecule has 0 bridgehead atoms. The van der Waals surface area contributed by atoms with Gasteiger partial charge in [0, 0.05) is 32.4 Å². The fourth-order valence-electron chi connectivity index (χ4n) is 3.09. The summed E-state index contributed by atoms with van der Waals surface area (Å²) in [4.78, 5) is 24.2. The van der Waals surface area contributed by atoms with Crippen LogP contribution in [0.1, 0.15) is 23.2 Å². The predicted octanol–water partition coefficient (Wildman–Crippen LogP) is 1.98. The molecule has 3 rings (SSSR count). The summed E-state index contributed by atoms with van der Waals surface area (Å²) in [6, 6.07) is 5.21. The molecule has 1 fully saturated rings. The first-order valence-electron chi connectivity index (χ1n) is 8.76. The number of aryl methyl sites for hydroxylation is 1. The zero-order valence-electron chi connectivity index (χ0n) is 15.4. The highest BCUT2D eigenvalue weighted by molar-refractivity contribution is 7.89. The number of halogens is 2. The highest BCUT2D eigenvalue weighted by atomic mass is 35.5. The first kappa shape index (κ1) is 21.6. The van der Waals surface area contributed by atoms with E-state index in [-0.39, 0.29) is 39.6 Å². The normalized spacial score (nSPS) is 16.0. The maximum Gasteiger partial charge on any atom is 0.293 e. The smallest absolute Gasteiger partial charge is 0.293 e. The van der Waals surface area contributed by atoms with Gasteiger partial charge in [0.2, 0.25) is 10.0 Å². The Morgan fingerprint density at radius 1 is 1.17 bits per heavy atom. The molecule has 1 aliphatic rings. The molecule has 0 aliphatic carbocycles. The number of nitrogens with zero attached hydrogens (tertiary/aromatic N) is 2. The van der Waals surface area contributed by atoms with Crippen LogP contribution in [0.4, 0.5) is 0 Å². The number of hydrogen-bond acceptors (Lipinski definition) is 5. The number of hydrogen-bond donors (Lipinski definition) is 2. The van der Waals surface area contributed by atoms with Crippen LogP contribution in [-0.2, 0) is 17.1 Å². The standard InChI is InChI=1S/C18H19Cl2N3O5S/c1-22-7-6-13(16(24)18(22)26)17(25)21-11-4-8-23(9-5-11)29(27,28)12-2-3-14(19)15(20)10-12/h2-3,6-7,10-11,24H,4-5,8-9H2,1H3,(H,21,25). The molecule has 29 heavy (non-hydrogen) atoms. The Morgan fingerprint density at radius 3 is 2.45 bits per heavy atom. The van der Waals surface area contributed by atoms with E-state index in [1.54, 1.807) is 0 Å². The minimum atomic E-state index is -3.73. The molecule has 1 saturated heterocycles. The Kier molecular flexibility index (Phi) is 6.23. The molecule has 8 nitrogen and oxygen atoms in total. The lowest BCUT2D eigenvalue weighted by molar-refractivity contribution is 0.0920. The average molecular weight is 460 g/mol. The number of aromatic nitrogens is 1. The van der Waals surface area contributed by atoms with Crippen LogP contribution in [0.15, 0.2) is 40.2 Å². The summed E-state index contributed by atoms with van der Waals surface area (Å²) in [5.41, 5.74) is -0.779. The average Bonchev–Trinajstić information content (AvgIpc) is 2.68. The fraction of sp³-hybridized carbons (Fsp3) is 0.333. The third kappa shape index (κ3) is 4.42. The molecule has 2 heterocycles. The van der Waals surface area contributed by atoms with Crippen LogP contribution >= 0.6 is 23.2 Å². The molecule has 2 N–H and O–H groups in total. The molecule has 1 aromatic heterocycles. The zero-order chi connectivity index (χ0) is 21.3. The lowest BCUT2D eigenvalue weighted by Gasteiger charge is -2.31. The summed E-state index contributed by atoms with van der Waals surface area (Å²) in [7, 11) is -2.26. The quantitative estimate of drug-likeness (QED) is 0.726. The van der Waals surface area contributed by atoms with Crippen molar-refractivity contribution in [2.75, 3.05) is 13.1 Å². The van der Waals surface area contributed by atoms with Crippen molar-refractivity contribution in [3.8, 4) is 5.75 Å². The summed E-state index contributed by atoms with van der Waals surface area (Å²) in [6.45, 7) is 0.409. The molecule has 156 valence electrons. The Labute approximate surface area is 177 Å². The molecule has 1 aromatic carbocycles. The van der Waals surface area contributed by atoms with Gasteiger partial charge in [0.15, 0.2) is 5.75 Å². The number of piperidine rings is 1. The minimum absolute atomic E-state index is 0.0550. The summed E-state index contributed by atoms with van der Waals surface area (Å²) >= 11 is 11.8. The molecule has 11 heteroatoms. The van der Waals surface area contributed by atoms with Gasteiger partial charge in [-0.3, -0.25) is 9.59 Å². The molecular formula is C18H19Cl2N3O5S. The Morgan fingerprint density at radius 2 is 1.83 bits per heavy atom. The van der Waals surface area contributed by atoms with Gasteiger partial charge in [-0.15, -0.1) is 0 Å². The van der Waals surface area contributed by atoms with Crippen molar-refractivity contribution in [2.45, 2.75) is 23.8 Å². The van der Waals surface area contributed by atoms with Gasteiger partial charge in [-0.25, -0.2) is 8.42 Å². The molecular weight excluding hydrogens is 441 g/mol. The van der Waals surface area contributed by atoms with Gasteiger partial charge in [0.25, 0.3) is 11.5 Å². The molecule has 1 amide bonds. The van der Waals surface area contributed by atoms with Crippen molar-refractivity contribution in [1.29, 1.82) is 0 Å². The summed E-state index contributed by atoms with van der Waals surface area (Å²) in [5.74, 6) is -1.20. The maximum absolute atomic E-state index is 12.8. The molecule has 0 atom stereocenters. The molecule has 0 spiro atoms. The van der Waals surface area contributed by atoms with Gasteiger partial charge >= 0.3 is 0 Å². The number of pyridine rings is 1. The van der Waals surface area contributed by atoms with Gasteiger partial charge in [0.05, 0.1) is 20.5 Å². The van der Waals surface area contributed by atoms with E-state index in [0.29, 0.717) is 12.8 Å². The number of rotatable bonds is 4. The lowest BCUT2D eigenvalue weighted by atomic mass is 10.1. The monoisotopic (exact) mass is 459 g/mol. The van der Waals surface area contributed by atoms with E-state index in [1.807, 2.05) is 0 Å². The summed E-state index contributed by atoms with van der Waals surface area (Å²) in [6.07, 6.45) is 2.17. The van der Waals surface area contributed by atoms with Crippen LogP contribution in [-0.4, -0.2) is 47.4 Å². The molecule has 1 aliphatic heterocycles. The molecule has 0 saturated carbocycles. The van der Waals surface area contributed by atoms with Crippen molar-refractivity contribution < 1.29 is 18.3 Å². The molecule has 0 unspecified atom stereocenters. The number of carbonyl (C=O) groups is 1. The van der Waals surface area contributed by atoms with Gasteiger partial charge in [0.1, 0.15) is 0 Å². The highest BCUT2D eigenvalue weighted by Gasteiger charge is 2.30. The van der Waals surface area contributed by atoms with Gasteiger partial charge in [-0.1, -0.05) is 23.2 Å². The van der Waals surface area contributed by atoms with Crippen molar-refractivity contribution in [3.05, 3.63) is 56.4 Å². The zero-order valence-corrected chi connectivity index (χ0v) is 17.8. The topological polar surface area (TPSA) is 109 Å². The van der Waals surface area contributed by atoms with Gasteiger partial charge in [-0.05, 0) is 37.1 Å². The van der Waals surface area contributed by atoms with E-state index in [1.165, 1.54) is 46.4 Å². The second-order valence-electron chi connectivity index (χ2n) is 6.72. The third-order valence-corrected chi connectivity index (χ3v) is 7.44. The van der Waals surface area contributed by atoms with Crippen LogP contribution in [0.25, 0.3) is 0 Å². The van der Waals surface area contributed by atoms with Crippen molar-refractivity contribution >= 4 is 39.1 Å². The van der Waals surface area contributed by atoms with Crippen LogP contribution in [0, 0.1) is 0 Å². The van der Waals surface area contributed by atoms with Crippen molar-refractivity contribution in [1.82, 2.24) is 14.2 Å². The van der Waals surface area contributed by atoms with Crippen molar-refractivity contribution in [2.24, 2.45) is 7.05 Å². The van der Waals surface area contributed by atoms with Gasteiger partial charge < -0.3 is 15.0 Å². The molecule has 2 aromatic rings. The fourth-order valence-corrected chi connectivity index (χ4v) is 4.95. The van der Waals surface area contributed by atoms with Crippen molar-refractivity contribution in [3.63, 3.8) is 0 Å². The van der Waals surface area contributed by atoms with Gasteiger partial charge in [-0.2, -0.15) is 4.31 Å². The van der Waals surface area contributed by atoms with E-state index < -0.39 is 27.2 Å². The first-order chi connectivity index (χ1) is 13.6. The molecule has 0 radical (unpaired) electrons. The number of aromatic hydroxyl groups is 1. The maximum atomic E-state index is 12.8. The number of sulfonamides is 1. The number of nitrogens with one attached hydrogen (secondary N) is 1. The number of benzene rings is 1. The Hall–Kier alpha value is -2.07. The predicted molar refractivity (Wildman–Crippen MR) is 109 cm³/mol. The number of carbonyl (C=O) groups excluding carboxylic acids is 1. The highest BCUT2D eigenvalue weighted by Crippen LogP contribution is 2.28. The Balaban J connectivity index is 1.66. The van der Waals surface area contributed by atoms with E-state index in [0.717, 1.165) is 0 Å². The second kappa shape index (κ2) is 8.35. The third-order valence-electron chi connectivity index (χ3n) is 4.81. The second-order valence-corrected chi connectivity index (χ2v) is 9.47. The van der Waals surface area contributed by atoms with Crippen LogP contribution in [0.3, 0.4) is 0 Å². The van der Waals surface area contributed by atoms with E-state index in [4.69, 9.17) is 23.2 Å². The summed E-state index contributed by atoms with van der Waals surface area (Å²) < 4.78 is 28.1. The van der Waals surface area contributed by atoms with Crippen LogP contribution in [0.2, 0.25) is 10.0 Å². The lowest BCUT2D eigenvalue weighted by Crippen LogP contribution is -2.46. The SMILES string of the molecule is Cn1ccc(C(=O)NC2CCN(S(=O)(=O)c3ccc(Cl)c(Cl)c3)CC2)c(O)c1=O. The van der Waals surface area contributed by atoms with E-state index >= 15 is 0 Å². The van der Waals surface area contributed by atoms with E-state index in [9.17, 15) is 23.1 Å².